The van der Waals surface area contributed by atoms with Gasteiger partial charge in [-0.15, -0.1) is 0 Å². The average molecular weight is 472 g/mol. The van der Waals surface area contributed by atoms with Crippen LogP contribution in [0.1, 0.15) is 42.1 Å². The number of ketones is 1. The van der Waals surface area contributed by atoms with E-state index in [0.717, 1.165) is 18.4 Å². The molecule has 1 aromatic carbocycles. The van der Waals surface area contributed by atoms with Gasteiger partial charge in [-0.1, -0.05) is 0 Å². The minimum absolute atomic E-state index is 0.0527. The molecule has 180 valence electrons. The maximum atomic E-state index is 13.2. The summed E-state index contributed by atoms with van der Waals surface area (Å²) >= 11 is 0. The summed E-state index contributed by atoms with van der Waals surface area (Å²) in [4.78, 5) is 17.4. The van der Waals surface area contributed by atoms with Gasteiger partial charge in [0.1, 0.15) is 28.3 Å². The van der Waals surface area contributed by atoms with Crippen LogP contribution in [-0.2, 0) is 15.1 Å². The fourth-order valence-electron chi connectivity index (χ4n) is 4.37. The lowest BCUT2D eigenvalue weighted by molar-refractivity contribution is -0.152. The Labute approximate surface area is 195 Å². The zero-order chi connectivity index (χ0) is 23.9. The second-order valence-corrected chi connectivity index (χ2v) is 8.92. The van der Waals surface area contributed by atoms with E-state index in [1.54, 1.807) is 12.3 Å². The highest BCUT2D eigenvalue weighted by Gasteiger charge is 2.32. The Bertz CT molecular complexity index is 1220. The molecule has 3 aromatic rings. The Kier molecular flexibility index (Phi) is 5.99. The summed E-state index contributed by atoms with van der Waals surface area (Å²) < 4.78 is 50.1. The molecule has 1 atom stereocenters. The quantitative estimate of drug-likeness (QED) is 0.436. The maximum Gasteiger partial charge on any atom is 0.387 e. The number of carbonyl (C=O) groups is 1. The van der Waals surface area contributed by atoms with Crippen LogP contribution in [0.5, 0.6) is 11.5 Å². The third-order valence-electron chi connectivity index (χ3n) is 6.40. The number of imidazole rings is 1. The van der Waals surface area contributed by atoms with Gasteiger partial charge < -0.3 is 18.9 Å². The van der Waals surface area contributed by atoms with Crippen molar-refractivity contribution in [1.82, 2.24) is 9.38 Å². The monoisotopic (exact) mass is 472 g/mol. The van der Waals surface area contributed by atoms with Crippen LogP contribution in [0.25, 0.3) is 16.9 Å². The Balaban J connectivity index is 1.56. The lowest BCUT2D eigenvalue weighted by Crippen LogP contribution is -2.37. The number of fused-ring (bicyclic) bond motifs is 1. The van der Waals surface area contributed by atoms with Gasteiger partial charge in [-0.3, -0.25) is 9.20 Å². The molecule has 0 N–H and O–H groups in total. The number of aromatic nitrogens is 2. The molecular weight excluding hydrogens is 446 g/mol. The second-order valence-electron chi connectivity index (χ2n) is 8.92. The van der Waals surface area contributed by atoms with Crippen LogP contribution >= 0.6 is 0 Å². The highest BCUT2D eigenvalue weighted by atomic mass is 19.3. The van der Waals surface area contributed by atoms with E-state index in [2.05, 4.69) is 4.98 Å². The zero-order valence-electron chi connectivity index (χ0n) is 19.1. The van der Waals surface area contributed by atoms with Crippen LogP contribution in [0.2, 0.25) is 0 Å². The fourth-order valence-corrected chi connectivity index (χ4v) is 4.37. The number of methoxy groups -OCH3 is 1. The molecule has 9 heteroatoms. The number of rotatable bonds is 8. The van der Waals surface area contributed by atoms with Crippen molar-refractivity contribution in [2.24, 2.45) is 5.92 Å². The first kappa shape index (κ1) is 22.7. The average Bonchev–Trinajstić information content (AvgIpc) is 3.53. The Morgan fingerprint density at radius 3 is 2.74 bits per heavy atom. The second kappa shape index (κ2) is 8.96. The molecule has 0 amide bonds. The number of halogens is 2. The van der Waals surface area contributed by atoms with Crippen LogP contribution < -0.4 is 9.47 Å². The van der Waals surface area contributed by atoms with Crippen molar-refractivity contribution in [1.29, 1.82) is 0 Å². The Morgan fingerprint density at radius 2 is 2.06 bits per heavy atom. The zero-order valence-corrected chi connectivity index (χ0v) is 19.1. The predicted octanol–water partition coefficient (Wildman–Crippen LogP) is 4.86. The van der Waals surface area contributed by atoms with Crippen molar-refractivity contribution in [3.8, 4) is 22.8 Å². The number of pyridine rings is 1. The summed E-state index contributed by atoms with van der Waals surface area (Å²) in [5.41, 5.74) is 2.25. The first-order chi connectivity index (χ1) is 16.4. The van der Waals surface area contributed by atoms with Gasteiger partial charge in [0.05, 0.1) is 38.8 Å². The lowest BCUT2D eigenvalue weighted by atomic mass is 9.97. The summed E-state index contributed by atoms with van der Waals surface area (Å²) in [5.74, 6) is 0.0457. The van der Waals surface area contributed by atoms with E-state index in [4.69, 9.17) is 18.9 Å². The van der Waals surface area contributed by atoms with E-state index < -0.39 is 12.2 Å². The standard InChI is InChI=1S/C25H26F2N2O5/c1-25(14-32-7-8-33-25)17-5-6-29-18(13-28-22(29)12-17)16-10-20(31-2)23(19(30)9-15-3-4-15)21(11-16)34-24(26)27/h5-6,10-13,15,24H,3-4,7-9,14H2,1-2H3. The van der Waals surface area contributed by atoms with E-state index >= 15 is 0 Å². The number of hydrogen-bond donors (Lipinski definition) is 0. The third-order valence-corrected chi connectivity index (χ3v) is 6.40. The first-order valence-corrected chi connectivity index (χ1v) is 11.3. The molecule has 1 aliphatic carbocycles. The first-order valence-electron chi connectivity index (χ1n) is 11.3. The van der Waals surface area contributed by atoms with Gasteiger partial charge in [0, 0.05) is 18.2 Å². The van der Waals surface area contributed by atoms with Crippen molar-refractivity contribution >= 4 is 11.4 Å². The molecular formula is C25H26F2N2O5. The largest absolute Gasteiger partial charge is 0.496 e. The molecule has 2 fully saturated rings. The normalized spacial score (nSPS) is 20.6. The smallest absolute Gasteiger partial charge is 0.387 e. The van der Waals surface area contributed by atoms with Gasteiger partial charge >= 0.3 is 6.61 Å². The molecule has 7 nitrogen and oxygen atoms in total. The number of carbonyl (C=O) groups excluding carboxylic acids is 1. The van der Waals surface area contributed by atoms with E-state index in [1.807, 2.05) is 29.7 Å². The molecule has 2 aromatic heterocycles. The predicted molar refractivity (Wildman–Crippen MR) is 120 cm³/mol. The lowest BCUT2D eigenvalue weighted by Gasteiger charge is -2.34. The molecule has 1 aliphatic heterocycles. The minimum atomic E-state index is -3.07. The van der Waals surface area contributed by atoms with Crippen LogP contribution in [-0.4, -0.2) is 48.7 Å². The van der Waals surface area contributed by atoms with E-state index in [9.17, 15) is 13.6 Å². The molecule has 0 bridgehead atoms. The van der Waals surface area contributed by atoms with Gasteiger partial charge in [0.15, 0.2) is 5.78 Å². The number of hydrogen-bond acceptors (Lipinski definition) is 6. The number of alkyl halides is 2. The minimum Gasteiger partial charge on any atom is -0.496 e. The molecule has 0 radical (unpaired) electrons. The number of Topliss-reactive ketones (excluding diaryl/α,β-unsaturated/α-hetero) is 1. The van der Waals surface area contributed by atoms with Gasteiger partial charge in [0.2, 0.25) is 0 Å². The van der Waals surface area contributed by atoms with E-state index in [0.29, 0.717) is 42.6 Å². The molecule has 1 saturated heterocycles. The van der Waals surface area contributed by atoms with Crippen LogP contribution in [0, 0.1) is 5.92 Å². The molecule has 2 aliphatic rings. The van der Waals surface area contributed by atoms with Crippen molar-refractivity contribution in [3.63, 3.8) is 0 Å². The third kappa shape index (κ3) is 4.37. The molecule has 1 unspecified atom stereocenters. The summed E-state index contributed by atoms with van der Waals surface area (Å²) in [6.07, 6.45) is 5.72. The summed E-state index contributed by atoms with van der Waals surface area (Å²) in [6.45, 7) is 0.418. The maximum absolute atomic E-state index is 13.2. The molecule has 0 spiro atoms. The van der Waals surface area contributed by atoms with Gasteiger partial charge in [-0.2, -0.15) is 8.78 Å². The number of benzene rings is 1. The topological polar surface area (TPSA) is 71.3 Å². The highest BCUT2D eigenvalue weighted by molar-refractivity contribution is 6.02. The van der Waals surface area contributed by atoms with Crippen LogP contribution in [0.3, 0.4) is 0 Å². The summed E-state index contributed by atoms with van der Waals surface area (Å²) in [5, 5.41) is 0. The van der Waals surface area contributed by atoms with Gasteiger partial charge in [-0.25, -0.2) is 4.98 Å². The van der Waals surface area contributed by atoms with Gasteiger partial charge in [-0.05, 0) is 55.5 Å². The van der Waals surface area contributed by atoms with Crippen molar-refractivity contribution in [2.45, 2.75) is 38.4 Å². The summed E-state index contributed by atoms with van der Waals surface area (Å²) in [7, 11) is 1.41. The van der Waals surface area contributed by atoms with E-state index in [1.165, 1.54) is 13.2 Å². The van der Waals surface area contributed by atoms with Crippen LogP contribution in [0.15, 0.2) is 36.7 Å². The van der Waals surface area contributed by atoms with Crippen LogP contribution in [0.4, 0.5) is 8.78 Å². The van der Waals surface area contributed by atoms with Crippen molar-refractivity contribution in [3.05, 3.63) is 47.8 Å². The highest BCUT2D eigenvalue weighted by Crippen LogP contribution is 2.40. The van der Waals surface area contributed by atoms with Crippen molar-refractivity contribution < 1.29 is 32.5 Å². The van der Waals surface area contributed by atoms with E-state index in [-0.39, 0.29) is 29.3 Å². The fraction of sp³-hybridized carbons (Fsp3) is 0.440. The number of nitrogens with zero attached hydrogens (tertiary/aromatic N) is 2. The van der Waals surface area contributed by atoms with Gasteiger partial charge in [0.25, 0.3) is 0 Å². The Morgan fingerprint density at radius 1 is 1.26 bits per heavy atom. The molecule has 1 saturated carbocycles. The molecule has 34 heavy (non-hydrogen) atoms. The Hall–Kier alpha value is -3.04. The SMILES string of the molecule is COc1cc(-c2cnc3cc(C4(C)COCCO4)ccn23)cc(OC(F)F)c1C(=O)CC1CC1. The summed E-state index contributed by atoms with van der Waals surface area (Å²) in [6, 6.07) is 6.95. The molecule has 3 heterocycles. The molecule has 5 rings (SSSR count). The number of ether oxygens (including phenoxy) is 4. The van der Waals surface area contributed by atoms with Crippen molar-refractivity contribution in [2.75, 3.05) is 26.9 Å².